The molecule has 26 heavy (non-hydrogen) atoms. The summed E-state index contributed by atoms with van der Waals surface area (Å²) in [5.74, 6) is -0.229. The monoisotopic (exact) mass is 358 g/mol. The molecule has 1 aromatic heterocycles. The van der Waals surface area contributed by atoms with Crippen LogP contribution >= 0.6 is 0 Å². The molecule has 0 saturated carbocycles. The van der Waals surface area contributed by atoms with E-state index >= 15 is 0 Å². The zero-order valence-electron chi connectivity index (χ0n) is 15.4. The predicted molar refractivity (Wildman–Crippen MR) is 96.9 cm³/mol. The van der Waals surface area contributed by atoms with E-state index in [1.54, 1.807) is 18.3 Å². The van der Waals surface area contributed by atoms with Crippen molar-refractivity contribution in [3.05, 3.63) is 24.0 Å². The number of hydrogen-bond donors (Lipinski definition) is 1. The predicted octanol–water partition coefficient (Wildman–Crippen LogP) is 1.51. The van der Waals surface area contributed by atoms with Gasteiger partial charge in [-0.2, -0.15) is 0 Å². The Balaban J connectivity index is 1.38. The van der Waals surface area contributed by atoms with Crippen molar-refractivity contribution in [3.8, 4) is 0 Å². The zero-order valence-corrected chi connectivity index (χ0v) is 15.4. The van der Waals surface area contributed by atoms with Crippen LogP contribution in [-0.4, -0.2) is 71.0 Å². The summed E-state index contributed by atoms with van der Waals surface area (Å²) in [4.78, 5) is 33.4. The number of nitrogens with zero attached hydrogens (tertiary/aromatic N) is 3. The number of hydrogen-bond acceptors (Lipinski definition) is 5. The van der Waals surface area contributed by atoms with Crippen molar-refractivity contribution >= 4 is 17.5 Å². The smallest absolute Gasteiger partial charge is 0.272 e. The number of anilines is 1. The van der Waals surface area contributed by atoms with E-state index in [1.807, 2.05) is 11.8 Å². The second-order valence-corrected chi connectivity index (χ2v) is 7.84. The fraction of sp³-hybridized carbons (Fsp3) is 0.632. The second kappa shape index (κ2) is 6.63. The zero-order chi connectivity index (χ0) is 18.3. The van der Waals surface area contributed by atoms with Gasteiger partial charge in [-0.1, -0.05) is 0 Å². The van der Waals surface area contributed by atoms with Crippen LogP contribution in [0.15, 0.2) is 18.3 Å². The van der Waals surface area contributed by atoms with Crippen molar-refractivity contribution in [1.29, 1.82) is 0 Å². The minimum absolute atomic E-state index is 0.0715. The second-order valence-electron chi connectivity index (χ2n) is 7.84. The molecule has 3 aliphatic heterocycles. The largest absolute Gasteiger partial charge is 0.365 e. The molecule has 1 aromatic rings. The number of amides is 2. The maximum absolute atomic E-state index is 12.7. The van der Waals surface area contributed by atoms with Crippen LogP contribution in [0.5, 0.6) is 0 Å². The summed E-state index contributed by atoms with van der Waals surface area (Å²) in [5.41, 5.74) is 1.13. The van der Waals surface area contributed by atoms with E-state index < -0.39 is 6.10 Å². The summed E-state index contributed by atoms with van der Waals surface area (Å²) >= 11 is 0. The summed E-state index contributed by atoms with van der Waals surface area (Å²) < 4.78 is 5.59. The molecule has 0 aromatic carbocycles. The normalized spacial score (nSPS) is 27.5. The van der Waals surface area contributed by atoms with E-state index in [0.717, 1.165) is 38.9 Å². The fourth-order valence-electron chi connectivity index (χ4n) is 4.29. The standard InChI is InChI=1S/C19H26N4O3/c1-13-4-5-16(26-13)17(24)21-14-6-8-20-15(10-14)18(25)23-11-19(12-23)7-3-9-22(19)2/h6,8,10,13,16H,3-5,7,9,11-12H2,1-2H3,(H,20,21,24). The highest BCUT2D eigenvalue weighted by Crippen LogP contribution is 2.37. The van der Waals surface area contributed by atoms with Gasteiger partial charge in [0.1, 0.15) is 11.8 Å². The molecule has 0 aliphatic carbocycles. The van der Waals surface area contributed by atoms with Gasteiger partial charge in [0, 0.05) is 25.0 Å². The van der Waals surface area contributed by atoms with Crippen LogP contribution in [0, 0.1) is 0 Å². The van der Waals surface area contributed by atoms with E-state index in [0.29, 0.717) is 11.4 Å². The number of rotatable bonds is 3. The molecule has 7 heteroatoms. The van der Waals surface area contributed by atoms with Gasteiger partial charge in [-0.25, -0.2) is 0 Å². The van der Waals surface area contributed by atoms with Crippen LogP contribution in [0.2, 0.25) is 0 Å². The Morgan fingerprint density at radius 1 is 1.35 bits per heavy atom. The number of carbonyl (C=O) groups is 2. The van der Waals surface area contributed by atoms with Gasteiger partial charge >= 0.3 is 0 Å². The van der Waals surface area contributed by atoms with Gasteiger partial charge in [-0.15, -0.1) is 0 Å². The highest BCUT2D eigenvalue weighted by Gasteiger charge is 2.50. The maximum Gasteiger partial charge on any atom is 0.272 e. The first kappa shape index (κ1) is 17.4. The molecule has 2 unspecified atom stereocenters. The van der Waals surface area contributed by atoms with Crippen LogP contribution in [0.3, 0.4) is 0 Å². The highest BCUT2D eigenvalue weighted by atomic mass is 16.5. The Morgan fingerprint density at radius 2 is 2.15 bits per heavy atom. The van der Waals surface area contributed by atoms with Gasteiger partial charge < -0.3 is 15.0 Å². The summed E-state index contributed by atoms with van der Waals surface area (Å²) in [5, 5.41) is 2.85. The van der Waals surface area contributed by atoms with Crippen molar-refractivity contribution in [2.24, 2.45) is 0 Å². The highest BCUT2D eigenvalue weighted by molar-refractivity contribution is 5.97. The average molecular weight is 358 g/mol. The minimum atomic E-state index is -0.412. The summed E-state index contributed by atoms with van der Waals surface area (Å²) in [6.45, 7) is 4.59. The quantitative estimate of drug-likeness (QED) is 0.886. The SMILES string of the molecule is CC1CCC(C(=O)Nc2ccnc(C(=O)N3CC4(CCCN4C)C3)c2)O1. The lowest BCUT2D eigenvalue weighted by atomic mass is 9.87. The van der Waals surface area contributed by atoms with E-state index in [-0.39, 0.29) is 23.5 Å². The molecule has 0 bridgehead atoms. The van der Waals surface area contributed by atoms with Crippen molar-refractivity contribution < 1.29 is 14.3 Å². The number of likely N-dealkylation sites (N-methyl/N-ethyl adjacent to an activating group) is 1. The van der Waals surface area contributed by atoms with Crippen molar-refractivity contribution in [2.45, 2.75) is 50.4 Å². The molecule has 4 heterocycles. The Kier molecular flexibility index (Phi) is 4.44. The van der Waals surface area contributed by atoms with E-state index in [4.69, 9.17) is 4.74 Å². The van der Waals surface area contributed by atoms with Gasteiger partial charge in [0.2, 0.25) is 0 Å². The fourth-order valence-corrected chi connectivity index (χ4v) is 4.29. The summed E-state index contributed by atoms with van der Waals surface area (Å²) in [7, 11) is 2.13. The number of aromatic nitrogens is 1. The summed E-state index contributed by atoms with van der Waals surface area (Å²) in [6, 6.07) is 3.36. The third-order valence-corrected chi connectivity index (χ3v) is 5.97. The molecule has 3 saturated heterocycles. The first-order chi connectivity index (χ1) is 12.5. The van der Waals surface area contributed by atoms with Crippen LogP contribution in [0.1, 0.15) is 43.1 Å². The van der Waals surface area contributed by atoms with E-state index in [1.165, 1.54) is 6.42 Å². The molecule has 2 amide bonds. The molecule has 0 radical (unpaired) electrons. The Morgan fingerprint density at radius 3 is 2.81 bits per heavy atom. The molecule has 4 rings (SSSR count). The minimum Gasteiger partial charge on any atom is -0.365 e. The van der Waals surface area contributed by atoms with Gasteiger partial charge in [-0.3, -0.25) is 19.5 Å². The Bertz CT molecular complexity index is 716. The molecule has 3 aliphatic rings. The van der Waals surface area contributed by atoms with E-state index in [2.05, 4.69) is 22.2 Å². The maximum atomic E-state index is 12.7. The molecule has 2 atom stereocenters. The first-order valence-corrected chi connectivity index (χ1v) is 9.40. The van der Waals surface area contributed by atoms with Crippen molar-refractivity contribution in [2.75, 3.05) is 32.0 Å². The van der Waals surface area contributed by atoms with Crippen LogP contribution in [0.4, 0.5) is 5.69 Å². The number of ether oxygens (including phenoxy) is 1. The molecule has 1 spiro atoms. The third kappa shape index (κ3) is 3.10. The number of carbonyl (C=O) groups excluding carboxylic acids is 2. The van der Waals surface area contributed by atoms with E-state index in [9.17, 15) is 9.59 Å². The Labute approximate surface area is 153 Å². The molecular weight excluding hydrogens is 332 g/mol. The van der Waals surface area contributed by atoms with Crippen LogP contribution in [-0.2, 0) is 9.53 Å². The molecule has 3 fully saturated rings. The number of nitrogens with one attached hydrogen (secondary N) is 1. The molecule has 7 nitrogen and oxygen atoms in total. The Hall–Kier alpha value is -1.99. The average Bonchev–Trinajstić information content (AvgIpc) is 3.19. The first-order valence-electron chi connectivity index (χ1n) is 9.40. The van der Waals surface area contributed by atoms with Crippen molar-refractivity contribution in [1.82, 2.24) is 14.8 Å². The molecule has 140 valence electrons. The number of likely N-dealkylation sites (tertiary alicyclic amines) is 2. The topological polar surface area (TPSA) is 74.8 Å². The molecular formula is C19H26N4O3. The number of pyridine rings is 1. The van der Waals surface area contributed by atoms with Gasteiger partial charge in [0.05, 0.1) is 11.6 Å². The van der Waals surface area contributed by atoms with Crippen LogP contribution in [0.25, 0.3) is 0 Å². The van der Waals surface area contributed by atoms with Crippen LogP contribution < -0.4 is 5.32 Å². The van der Waals surface area contributed by atoms with Gasteiger partial charge in [0.15, 0.2) is 0 Å². The van der Waals surface area contributed by atoms with Crippen molar-refractivity contribution in [3.63, 3.8) is 0 Å². The lowest BCUT2D eigenvalue weighted by Gasteiger charge is -2.51. The lowest BCUT2D eigenvalue weighted by Crippen LogP contribution is -2.68. The summed E-state index contributed by atoms with van der Waals surface area (Å²) in [6.07, 6.45) is 5.24. The lowest BCUT2D eigenvalue weighted by molar-refractivity contribution is -0.126. The van der Waals surface area contributed by atoms with Gasteiger partial charge in [-0.05, 0) is 58.3 Å². The third-order valence-electron chi connectivity index (χ3n) is 5.97. The van der Waals surface area contributed by atoms with Gasteiger partial charge in [0.25, 0.3) is 11.8 Å². The molecule has 1 N–H and O–H groups in total.